The van der Waals surface area contributed by atoms with Crippen molar-refractivity contribution in [1.29, 1.82) is 0 Å². The minimum atomic E-state index is 0.738. The number of para-hydroxylation sites is 1. The van der Waals surface area contributed by atoms with Crippen molar-refractivity contribution in [2.75, 3.05) is 12.5 Å². The average molecular weight is 242 g/mol. The molecule has 3 N–H and O–H groups in total. The lowest BCUT2D eigenvalue weighted by atomic mass is 10.1. The molecule has 4 heteroatoms. The number of hydrogen-bond acceptors (Lipinski definition) is 4. The van der Waals surface area contributed by atoms with Crippen molar-refractivity contribution in [2.24, 2.45) is 5.84 Å². The Labute approximate surface area is 107 Å². The van der Waals surface area contributed by atoms with E-state index in [1.165, 1.54) is 12.8 Å². The van der Waals surface area contributed by atoms with E-state index in [2.05, 4.69) is 34.5 Å². The second-order valence-electron chi connectivity index (χ2n) is 4.98. The number of hydrazine groups is 1. The summed E-state index contributed by atoms with van der Waals surface area (Å²) in [4.78, 5) is 6.93. The van der Waals surface area contributed by atoms with Crippen molar-refractivity contribution >= 4 is 16.7 Å². The second kappa shape index (κ2) is 4.55. The van der Waals surface area contributed by atoms with Crippen LogP contribution in [0, 0.1) is 0 Å². The van der Waals surface area contributed by atoms with Crippen LogP contribution in [0.1, 0.15) is 18.4 Å². The number of rotatable bonds is 4. The van der Waals surface area contributed by atoms with E-state index < -0.39 is 0 Å². The van der Waals surface area contributed by atoms with Gasteiger partial charge in [0, 0.05) is 23.5 Å². The molecule has 0 saturated heterocycles. The Morgan fingerprint density at radius 2 is 2.17 bits per heavy atom. The molecule has 3 rings (SSSR count). The SMILES string of the molecule is CN(Cc1cc2ccccc2nc1NN)C1CC1. The molecule has 1 aliphatic rings. The van der Waals surface area contributed by atoms with Crippen LogP contribution in [0.5, 0.6) is 0 Å². The van der Waals surface area contributed by atoms with E-state index in [4.69, 9.17) is 5.84 Å². The zero-order valence-electron chi connectivity index (χ0n) is 10.6. The lowest BCUT2D eigenvalue weighted by Gasteiger charge is -2.18. The molecule has 0 spiro atoms. The molecular formula is C14H18N4. The van der Waals surface area contributed by atoms with Crippen LogP contribution in [0.25, 0.3) is 10.9 Å². The third-order valence-corrected chi connectivity index (χ3v) is 3.53. The van der Waals surface area contributed by atoms with Crippen LogP contribution in [0.4, 0.5) is 5.82 Å². The molecule has 0 bridgehead atoms. The maximum atomic E-state index is 5.58. The summed E-state index contributed by atoms with van der Waals surface area (Å²) in [6.07, 6.45) is 2.62. The van der Waals surface area contributed by atoms with Crippen LogP contribution in [-0.2, 0) is 6.54 Å². The van der Waals surface area contributed by atoms with Gasteiger partial charge in [0.1, 0.15) is 5.82 Å². The zero-order chi connectivity index (χ0) is 12.5. The first-order valence-corrected chi connectivity index (χ1v) is 6.33. The van der Waals surface area contributed by atoms with Crippen LogP contribution >= 0.6 is 0 Å². The summed E-state index contributed by atoms with van der Waals surface area (Å²) in [5.74, 6) is 6.36. The van der Waals surface area contributed by atoms with Gasteiger partial charge in [-0.15, -0.1) is 0 Å². The molecular weight excluding hydrogens is 224 g/mol. The quantitative estimate of drug-likeness (QED) is 0.637. The maximum absolute atomic E-state index is 5.58. The first-order chi connectivity index (χ1) is 8.78. The summed E-state index contributed by atoms with van der Waals surface area (Å²) < 4.78 is 0. The highest BCUT2D eigenvalue weighted by Gasteiger charge is 2.26. The number of nitrogens with one attached hydrogen (secondary N) is 1. The fourth-order valence-electron chi connectivity index (χ4n) is 2.32. The van der Waals surface area contributed by atoms with Crippen LogP contribution < -0.4 is 11.3 Å². The van der Waals surface area contributed by atoms with Gasteiger partial charge in [-0.2, -0.15) is 0 Å². The van der Waals surface area contributed by atoms with E-state index in [0.717, 1.165) is 34.9 Å². The summed E-state index contributed by atoms with van der Waals surface area (Å²) in [5.41, 5.74) is 4.85. The van der Waals surface area contributed by atoms with Crippen LogP contribution in [0.2, 0.25) is 0 Å². The van der Waals surface area contributed by atoms with Crippen molar-refractivity contribution in [2.45, 2.75) is 25.4 Å². The number of nitrogens with zero attached hydrogens (tertiary/aromatic N) is 2. The van der Waals surface area contributed by atoms with Gasteiger partial charge in [0.05, 0.1) is 5.52 Å². The number of pyridine rings is 1. The Hall–Kier alpha value is -1.65. The van der Waals surface area contributed by atoms with Gasteiger partial charge in [-0.1, -0.05) is 18.2 Å². The monoisotopic (exact) mass is 242 g/mol. The molecule has 94 valence electrons. The van der Waals surface area contributed by atoms with Gasteiger partial charge >= 0.3 is 0 Å². The molecule has 18 heavy (non-hydrogen) atoms. The van der Waals surface area contributed by atoms with Gasteiger partial charge in [-0.05, 0) is 32.0 Å². The van der Waals surface area contributed by atoms with E-state index in [1.807, 2.05) is 18.2 Å². The summed E-state index contributed by atoms with van der Waals surface area (Å²) >= 11 is 0. The number of nitrogens with two attached hydrogens (primary N) is 1. The number of hydrogen-bond donors (Lipinski definition) is 2. The molecule has 0 aliphatic heterocycles. The van der Waals surface area contributed by atoms with Crippen LogP contribution in [-0.4, -0.2) is 23.0 Å². The topological polar surface area (TPSA) is 54.2 Å². The van der Waals surface area contributed by atoms with Gasteiger partial charge in [0.15, 0.2) is 0 Å². The zero-order valence-corrected chi connectivity index (χ0v) is 10.6. The molecule has 1 aromatic carbocycles. The Kier molecular flexibility index (Phi) is 2.89. The van der Waals surface area contributed by atoms with Gasteiger partial charge in [0.25, 0.3) is 0 Å². The minimum Gasteiger partial charge on any atom is -0.308 e. The lowest BCUT2D eigenvalue weighted by molar-refractivity contribution is 0.317. The van der Waals surface area contributed by atoms with Crippen molar-refractivity contribution in [3.05, 3.63) is 35.9 Å². The third kappa shape index (κ3) is 2.17. The molecule has 4 nitrogen and oxygen atoms in total. The lowest BCUT2D eigenvalue weighted by Crippen LogP contribution is -2.22. The summed E-state index contributed by atoms with van der Waals surface area (Å²) in [7, 11) is 2.16. The van der Waals surface area contributed by atoms with E-state index in [1.54, 1.807) is 0 Å². The summed E-state index contributed by atoms with van der Waals surface area (Å²) in [5, 5.41) is 1.16. The van der Waals surface area contributed by atoms with Gasteiger partial charge in [-0.3, -0.25) is 4.90 Å². The van der Waals surface area contributed by atoms with Gasteiger partial charge in [0.2, 0.25) is 0 Å². The third-order valence-electron chi connectivity index (χ3n) is 3.53. The number of aromatic nitrogens is 1. The van der Waals surface area contributed by atoms with E-state index in [0.29, 0.717) is 0 Å². The Balaban J connectivity index is 1.97. The molecule has 2 aromatic rings. The summed E-state index contributed by atoms with van der Waals surface area (Å²) in [6, 6.07) is 11.0. The second-order valence-corrected chi connectivity index (χ2v) is 4.98. The van der Waals surface area contributed by atoms with Gasteiger partial charge in [-0.25, -0.2) is 10.8 Å². The van der Waals surface area contributed by atoms with Crippen molar-refractivity contribution in [1.82, 2.24) is 9.88 Å². The molecule has 0 radical (unpaired) electrons. The highest BCUT2D eigenvalue weighted by atomic mass is 15.3. The van der Waals surface area contributed by atoms with Crippen molar-refractivity contribution in [3.8, 4) is 0 Å². The highest BCUT2D eigenvalue weighted by Crippen LogP contribution is 2.28. The Morgan fingerprint density at radius 1 is 1.39 bits per heavy atom. The number of benzene rings is 1. The number of anilines is 1. The molecule has 1 aromatic heterocycles. The Morgan fingerprint density at radius 3 is 2.89 bits per heavy atom. The largest absolute Gasteiger partial charge is 0.308 e. The van der Waals surface area contributed by atoms with Crippen molar-refractivity contribution in [3.63, 3.8) is 0 Å². The first-order valence-electron chi connectivity index (χ1n) is 6.33. The number of nitrogen functional groups attached to an aromatic ring is 1. The fourth-order valence-corrected chi connectivity index (χ4v) is 2.32. The highest BCUT2D eigenvalue weighted by molar-refractivity contribution is 5.81. The average Bonchev–Trinajstić information content (AvgIpc) is 3.22. The normalized spacial score (nSPS) is 15.3. The smallest absolute Gasteiger partial charge is 0.145 e. The van der Waals surface area contributed by atoms with Crippen LogP contribution in [0.15, 0.2) is 30.3 Å². The van der Waals surface area contributed by atoms with E-state index >= 15 is 0 Å². The molecule has 0 atom stereocenters. The molecule has 1 heterocycles. The predicted octanol–water partition coefficient (Wildman–Crippen LogP) is 2.11. The van der Waals surface area contributed by atoms with Crippen molar-refractivity contribution < 1.29 is 0 Å². The Bertz CT molecular complexity index is 563. The molecule has 1 fully saturated rings. The molecule has 0 unspecified atom stereocenters. The molecule has 0 amide bonds. The standard InChI is InChI=1S/C14H18N4/c1-18(12-6-7-12)9-11-8-10-4-2-3-5-13(10)16-14(11)17-15/h2-5,8,12H,6-7,9,15H2,1H3,(H,16,17). The fraction of sp³-hybridized carbons (Fsp3) is 0.357. The minimum absolute atomic E-state index is 0.738. The van der Waals surface area contributed by atoms with Crippen LogP contribution in [0.3, 0.4) is 0 Å². The molecule has 1 saturated carbocycles. The number of fused-ring (bicyclic) bond motifs is 1. The first kappa shape index (κ1) is 11.4. The predicted molar refractivity (Wildman–Crippen MR) is 74.0 cm³/mol. The maximum Gasteiger partial charge on any atom is 0.145 e. The van der Waals surface area contributed by atoms with E-state index in [9.17, 15) is 0 Å². The van der Waals surface area contributed by atoms with E-state index in [-0.39, 0.29) is 0 Å². The summed E-state index contributed by atoms with van der Waals surface area (Å²) in [6.45, 7) is 0.891. The molecule has 1 aliphatic carbocycles. The van der Waals surface area contributed by atoms with Gasteiger partial charge < -0.3 is 5.43 Å².